The van der Waals surface area contributed by atoms with Gasteiger partial charge in [0.25, 0.3) is 17.3 Å². The van der Waals surface area contributed by atoms with Crippen LogP contribution in [0.3, 0.4) is 0 Å². The number of hydrogen-bond donors (Lipinski definition) is 0. The molecule has 3 rings (SSSR count). The highest BCUT2D eigenvalue weighted by Crippen LogP contribution is 2.40. The minimum Gasteiger partial charge on any atom is -0.495 e. The second-order valence-corrected chi connectivity index (χ2v) is 8.36. The van der Waals surface area contributed by atoms with Crippen molar-refractivity contribution in [1.29, 1.82) is 0 Å². The number of carbonyl (C=O) groups excluding carboxylic acids is 1. The zero-order valence-electron chi connectivity index (χ0n) is 20.1. The number of carbonyl (C=O) groups is 1. The molecule has 1 heterocycles. The summed E-state index contributed by atoms with van der Waals surface area (Å²) in [5.74, 6) is 0.401. The fourth-order valence-corrected chi connectivity index (χ4v) is 4.64. The van der Waals surface area contributed by atoms with E-state index < -0.39 is 27.1 Å². The van der Waals surface area contributed by atoms with Gasteiger partial charge in [0, 0.05) is 25.2 Å². The van der Waals surface area contributed by atoms with Crippen LogP contribution in [0.25, 0.3) is 10.2 Å². The number of non-ortho nitro benzene ring substituents is 2. The zero-order chi connectivity index (χ0) is 25.7. The minimum atomic E-state index is -0.766. The largest absolute Gasteiger partial charge is 0.495 e. The number of methoxy groups -OCH3 is 2. The van der Waals surface area contributed by atoms with Gasteiger partial charge in [-0.15, -0.1) is 12.4 Å². The highest BCUT2D eigenvalue weighted by molar-refractivity contribution is 7.22. The zero-order valence-corrected chi connectivity index (χ0v) is 21.8. The lowest BCUT2D eigenvalue weighted by atomic mass is 10.1. The Bertz CT molecular complexity index is 1190. The van der Waals surface area contributed by atoms with Gasteiger partial charge < -0.3 is 14.4 Å². The second kappa shape index (κ2) is 12.4. The summed E-state index contributed by atoms with van der Waals surface area (Å²) in [6.07, 6.45) is 0. The molecule has 0 spiro atoms. The number of likely N-dealkylation sites (N-methyl/N-ethyl adjacent to an activating group) is 1. The number of hydrogen-bond acceptors (Lipinski definition) is 10. The highest BCUT2D eigenvalue weighted by Gasteiger charge is 2.27. The Balaban J connectivity index is 0.00000456. The normalized spacial score (nSPS) is 10.7. The smallest absolute Gasteiger partial charge is 0.277 e. The van der Waals surface area contributed by atoms with Crippen molar-refractivity contribution in [2.45, 2.75) is 13.8 Å². The molecule has 194 valence electrons. The van der Waals surface area contributed by atoms with E-state index in [1.165, 1.54) is 30.5 Å². The molecule has 0 saturated heterocycles. The van der Waals surface area contributed by atoms with Crippen molar-refractivity contribution in [1.82, 2.24) is 9.88 Å². The Morgan fingerprint density at radius 1 is 0.972 bits per heavy atom. The summed E-state index contributed by atoms with van der Waals surface area (Å²) in [5, 5.41) is 23.0. The van der Waals surface area contributed by atoms with Crippen molar-refractivity contribution < 1.29 is 24.1 Å². The van der Waals surface area contributed by atoms with E-state index in [0.717, 1.165) is 31.3 Å². The first kappa shape index (κ1) is 28.7. The summed E-state index contributed by atoms with van der Waals surface area (Å²) in [6, 6.07) is 6.33. The first-order chi connectivity index (χ1) is 16.7. The van der Waals surface area contributed by atoms with Gasteiger partial charge in [-0.3, -0.25) is 29.9 Å². The number of anilines is 1. The Kier molecular flexibility index (Phi) is 9.90. The predicted octanol–water partition coefficient (Wildman–Crippen LogP) is 4.54. The lowest BCUT2D eigenvalue weighted by Crippen LogP contribution is -2.39. The Labute approximate surface area is 217 Å². The molecular formula is C22H26ClN5O7S. The van der Waals surface area contributed by atoms with Gasteiger partial charge in [-0.2, -0.15) is 0 Å². The molecule has 0 fully saturated rings. The van der Waals surface area contributed by atoms with Gasteiger partial charge in [0.2, 0.25) is 0 Å². The number of halogens is 1. The van der Waals surface area contributed by atoms with Crippen LogP contribution in [-0.2, 0) is 0 Å². The lowest BCUT2D eigenvalue weighted by molar-refractivity contribution is -0.394. The van der Waals surface area contributed by atoms with Crippen LogP contribution in [0.4, 0.5) is 16.5 Å². The average Bonchev–Trinajstić information content (AvgIpc) is 3.30. The number of amides is 1. The summed E-state index contributed by atoms with van der Waals surface area (Å²) < 4.78 is 11.5. The summed E-state index contributed by atoms with van der Waals surface area (Å²) >= 11 is 1.20. The van der Waals surface area contributed by atoms with Gasteiger partial charge in [-0.25, -0.2) is 4.98 Å². The first-order valence-electron chi connectivity index (χ1n) is 10.7. The molecule has 0 aliphatic heterocycles. The third kappa shape index (κ3) is 5.98. The number of nitro groups is 2. The van der Waals surface area contributed by atoms with Crippen LogP contribution in [0.15, 0.2) is 30.3 Å². The number of fused-ring (bicyclic) bond motifs is 1. The Morgan fingerprint density at radius 2 is 1.53 bits per heavy atom. The molecule has 0 unspecified atom stereocenters. The van der Waals surface area contributed by atoms with Crippen molar-refractivity contribution in [3.63, 3.8) is 0 Å². The molecule has 2 aromatic carbocycles. The first-order valence-corrected chi connectivity index (χ1v) is 11.5. The second-order valence-electron chi connectivity index (χ2n) is 7.38. The molecule has 0 bridgehead atoms. The van der Waals surface area contributed by atoms with Crippen LogP contribution in [0.1, 0.15) is 24.2 Å². The van der Waals surface area contributed by atoms with E-state index in [1.807, 2.05) is 13.8 Å². The molecule has 0 aliphatic rings. The minimum absolute atomic E-state index is 0. The fourth-order valence-electron chi connectivity index (χ4n) is 3.54. The maximum Gasteiger partial charge on any atom is 0.277 e. The highest BCUT2D eigenvalue weighted by atomic mass is 35.5. The molecule has 14 heteroatoms. The van der Waals surface area contributed by atoms with Crippen LogP contribution < -0.4 is 14.4 Å². The van der Waals surface area contributed by atoms with E-state index in [4.69, 9.17) is 9.47 Å². The monoisotopic (exact) mass is 539 g/mol. The molecule has 0 radical (unpaired) electrons. The molecule has 1 aromatic heterocycles. The molecule has 3 aromatic rings. The van der Waals surface area contributed by atoms with E-state index in [9.17, 15) is 25.0 Å². The number of rotatable bonds is 11. The van der Waals surface area contributed by atoms with Crippen LogP contribution in [0, 0.1) is 20.2 Å². The molecule has 36 heavy (non-hydrogen) atoms. The van der Waals surface area contributed by atoms with Gasteiger partial charge >= 0.3 is 0 Å². The predicted molar refractivity (Wildman–Crippen MR) is 139 cm³/mol. The van der Waals surface area contributed by atoms with E-state index in [1.54, 1.807) is 12.1 Å². The number of ether oxygens (including phenoxy) is 2. The molecule has 1 amide bonds. The number of nitrogens with zero attached hydrogens (tertiary/aromatic N) is 5. The van der Waals surface area contributed by atoms with Crippen LogP contribution in [-0.4, -0.2) is 66.0 Å². The Hall–Kier alpha value is -3.55. The van der Waals surface area contributed by atoms with Crippen molar-refractivity contribution in [2.24, 2.45) is 0 Å². The van der Waals surface area contributed by atoms with Crippen molar-refractivity contribution >= 4 is 56.4 Å². The quantitative estimate of drug-likeness (QED) is 0.253. The van der Waals surface area contributed by atoms with E-state index in [2.05, 4.69) is 9.88 Å². The maximum atomic E-state index is 13.6. The summed E-state index contributed by atoms with van der Waals surface area (Å²) in [7, 11) is 3.03. The van der Waals surface area contributed by atoms with Gasteiger partial charge in [-0.05, 0) is 25.2 Å². The number of aromatic nitrogens is 1. The van der Waals surface area contributed by atoms with Gasteiger partial charge in [0.15, 0.2) is 5.13 Å². The molecular weight excluding hydrogens is 514 g/mol. The van der Waals surface area contributed by atoms with E-state index in [-0.39, 0.29) is 24.5 Å². The number of thiazole rings is 1. The summed E-state index contributed by atoms with van der Waals surface area (Å²) in [4.78, 5) is 42.9. The lowest BCUT2D eigenvalue weighted by Gasteiger charge is -2.24. The standard InChI is InChI=1S/C22H25N5O7S.ClH/c1-5-24(6-2)9-10-25(21(28)14-11-15(26(29)30)13-16(12-14)27(31)32)22-23-19-17(33-3)7-8-18(34-4)20(19)35-22;/h7-8,11-13H,5-6,9-10H2,1-4H3;1H. The third-order valence-corrected chi connectivity index (χ3v) is 6.57. The van der Waals surface area contributed by atoms with Crippen LogP contribution in [0.5, 0.6) is 11.5 Å². The number of benzene rings is 2. The van der Waals surface area contributed by atoms with E-state index >= 15 is 0 Å². The maximum absolute atomic E-state index is 13.6. The fraction of sp³-hybridized carbons (Fsp3) is 0.364. The molecule has 12 nitrogen and oxygen atoms in total. The topological polar surface area (TPSA) is 141 Å². The van der Waals surface area contributed by atoms with Crippen molar-refractivity contribution in [2.75, 3.05) is 45.3 Å². The SMILES string of the molecule is CCN(CC)CCN(C(=O)c1cc([N+](=O)[O-])cc([N+](=O)[O-])c1)c1nc2c(OC)ccc(OC)c2s1.Cl. The van der Waals surface area contributed by atoms with Gasteiger partial charge in [0.1, 0.15) is 21.7 Å². The summed E-state index contributed by atoms with van der Waals surface area (Å²) in [6.45, 7) is 6.20. The molecule has 0 atom stereocenters. The van der Waals surface area contributed by atoms with E-state index in [0.29, 0.717) is 33.4 Å². The van der Waals surface area contributed by atoms with Gasteiger partial charge in [0.05, 0.1) is 35.7 Å². The van der Waals surface area contributed by atoms with Crippen molar-refractivity contribution in [3.05, 3.63) is 56.1 Å². The summed E-state index contributed by atoms with van der Waals surface area (Å²) in [5.41, 5.74) is -0.765. The molecule has 0 aliphatic carbocycles. The van der Waals surface area contributed by atoms with Crippen molar-refractivity contribution in [3.8, 4) is 11.5 Å². The third-order valence-electron chi connectivity index (χ3n) is 5.48. The van der Waals surface area contributed by atoms with Gasteiger partial charge in [-0.1, -0.05) is 25.2 Å². The Morgan fingerprint density at radius 3 is 2.03 bits per heavy atom. The van der Waals surface area contributed by atoms with Crippen LogP contribution >= 0.6 is 23.7 Å². The molecule has 0 saturated carbocycles. The average molecular weight is 540 g/mol. The number of nitro benzene ring substituents is 2. The van der Waals surface area contributed by atoms with Crippen LogP contribution in [0.2, 0.25) is 0 Å². The molecule has 0 N–H and O–H groups in total.